The van der Waals surface area contributed by atoms with Crippen LogP contribution >= 0.6 is 0 Å². The number of piperidine rings is 3. The van der Waals surface area contributed by atoms with Gasteiger partial charge in [0.1, 0.15) is 6.04 Å². The number of hydrogen-bond acceptors (Lipinski definition) is 5. The zero-order chi connectivity index (χ0) is 18.0. The van der Waals surface area contributed by atoms with Crippen LogP contribution in [0.5, 0.6) is 0 Å². The zero-order valence-electron chi connectivity index (χ0n) is 14.2. The maximum absolute atomic E-state index is 12.9. The maximum atomic E-state index is 12.9. The van der Waals surface area contributed by atoms with Gasteiger partial charge >= 0.3 is 0 Å². The van der Waals surface area contributed by atoms with Crippen molar-refractivity contribution in [1.29, 1.82) is 0 Å². The molecule has 26 heavy (non-hydrogen) atoms. The number of amides is 4. The molecule has 3 atom stereocenters. The van der Waals surface area contributed by atoms with E-state index in [1.165, 1.54) is 6.42 Å². The molecule has 3 aliphatic heterocycles. The Hall–Kier alpha value is -2.54. The zero-order valence-corrected chi connectivity index (χ0v) is 14.2. The van der Waals surface area contributed by atoms with Crippen molar-refractivity contribution in [3.63, 3.8) is 0 Å². The number of rotatable bonds is 2. The van der Waals surface area contributed by atoms with Gasteiger partial charge in [-0.1, -0.05) is 6.07 Å². The van der Waals surface area contributed by atoms with Gasteiger partial charge in [-0.2, -0.15) is 0 Å². The minimum Gasteiger partial charge on any atom is -0.316 e. The fraction of sp³-hybridized carbons (Fsp3) is 0.474. The predicted molar refractivity (Wildman–Crippen MR) is 90.3 cm³/mol. The van der Waals surface area contributed by atoms with Crippen LogP contribution in [0, 0.1) is 11.8 Å². The van der Waals surface area contributed by atoms with Crippen molar-refractivity contribution >= 4 is 23.6 Å². The molecule has 0 radical (unpaired) electrons. The Bertz CT molecular complexity index is 850. The molecule has 3 unspecified atom stereocenters. The smallest absolute Gasteiger partial charge is 0.262 e. The van der Waals surface area contributed by atoms with Gasteiger partial charge in [-0.05, 0) is 61.4 Å². The lowest BCUT2D eigenvalue weighted by Crippen LogP contribution is -2.54. The lowest BCUT2D eigenvalue weighted by Gasteiger charge is -2.50. The highest BCUT2D eigenvalue weighted by atomic mass is 16.2. The minimum absolute atomic E-state index is 0.132. The Morgan fingerprint density at radius 3 is 2.38 bits per heavy atom. The lowest BCUT2D eigenvalue weighted by molar-refractivity contribution is -0.136. The number of carbonyl (C=O) groups excluding carboxylic acids is 4. The third-order valence-corrected chi connectivity index (χ3v) is 6.28. The van der Waals surface area contributed by atoms with Crippen molar-refractivity contribution in [1.82, 2.24) is 15.5 Å². The molecular weight excluding hydrogens is 334 g/mol. The van der Waals surface area contributed by atoms with Crippen LogP contribution in [0.4, 0.5) is 0 Å². The SMILES string of the molecule is O=C1CCC(N2C(=O)c3ccc(C4C5CNCC4C5)cc3C2=O)C(=O)N1. The average molecular weight is 353 g/mol. The Morgan fingerprint density at radius 2 is 1.69 bits per heavy atom. The molecule has 2 N–H and O–H groups in total. The number of benzene rings is 1. The molecule has 2 bridgehead atoms. The van der Waals surface area contributed by atoms with Crippen LogP contribution in [0.25, 0.3) is 0 Å². The molecule has 1 aromatic rings. The lowest BCUT2D eigenvalue weighted by atomic mass is 9.59. The summed E-state index contributed by atoms with van der Waals surface area (Å²) in [6, 6.07) is 4.61. The highest BCUT2D eigenvalue weighted by molar-refractivity contribution is 6.23. The average Bonchev–Trinajstić information content (AvgIpc) is 2.87. The molecule has 0 aromatic heterocycles. The Morgan fingerprint density at radius 1 is 0.962 bits per heavy atom. The van der Waals surface area contributed by atoms with Crippen LogP contribution in [0.1, 0.15) is 51.5 Å². The van der Waals surface area contributed by atoms with Crippen molar-refractivity contribution in [3.05, 3.63) is 34.9 Å². The van der Waals surface area contributed by atoms with Crippen molar-refractivity contribution in [3.8, 4) is 0 Å². The number of nitrogens with zero attached hydrogens (tertiary/aromatic N) is 1. The van der Waals surface area contributed by atoms with Crippen LogP contribution in [0.15, 0.2) is 18.2 Å². The first-order valence-electron chi connectivity index (χ1n) is 9.11. The fourth-order valence-corrected chi connectivity index (χ4v) is 4.99. The van der Waals surface area contributed by atoms with Gasteiger partial charge in [0.15, 0.2) is 0 Å². The third kappa shape index (κ3) is 2.10. The molecule has 7 heteroatoms. The van der Waals surface area contributed by atoms with Crippen molar-refractivity contribution in [2.75, 3.05) is 13.1 Å². The van der Waals surface area contributed by atoms with Crippen molar-refractivity contribution in [2.45, 2.75) is 31.2 Å². The minimum atomic E-state index is -0.907. The van der Waals surface area contributed by atoms with Crippen molar-refractivity contribution in [2.24, 2.45) is 11.8 Å². The second-order valence-corrected chi connectivity index (χ2v) is 7.69. The molecule has 7 nitrogen and oxygen atoms in total. The van der Waals surface area contributed by atoms with Gasteiger partial charge in [0.25, 0.3) is 11.8 Å². The van der Waals surface area contributed by atoms with E-state index in [1.54, 1.807) is 6.07 Å². The molecule has 3 heterocycles. The first kappa shape index (κ1) is 15.7. The highest BCUT2D eigenvalue weighted by Gasteiger charge is 2.47. The summed E-state index contributed by atoms with van der Waals surface area (Å²) in [4.78, 5) is 50.1. The summed E-state index contributed by atoms with van der Waals surface area (Å²) in [5.74, 6) is -0.194. The molecule has 3 fully saturated rings. The molecule has 1 saturated carbocycles. The summed E-state index contributed by atoms with van der Waals surface area (Å²) in [5, 5.41) is 5.63. The molecule has 134 valence electrons. The van der Waals surface area contributed by atoms with E-state index in [9.17, 15) is 19.2 Å². The van der Waals surface area contributed by atoms with E-state index < -0.39 is 23.8 Å². The van der Waals surface area contributed by atoms with Crippen LogP contribution in [0.2, 0.25) is 0 Å². The van der Waals surface area contributed by atoms with E-state index in [-0.39, 0.29) is 18.7 Å². The van der Waals surface area contributed by atoms with E-state index in [1.807, 2.05) is 12.1 Å². The van der Waals surface area contributed by atoms with E-state index in [0.29, 0.717) is 28.9 Å². The number of nitrogens with one attached hydrogen (secondary N) is 2. The number of carbonyl (C=O) groups is 4. The Labute approximate surface area is 150 Å². The van der Waals surface area contributed by atoms with E-state index in [0.717, 1.165) is 23.6 Å². The maximum Gasteiger partial charge on any atom is 0.262 e. The van der Waals surface area contributed by atoms with E-state index >= 15 is 0 Å². The first-order valence-corrected chi connectivity index (χ1v) is 9.11. The van der Waals surface area contributed by atoms with E-state index in [4.69, 9.17) is 0 Å². The highest BCUT2D eigenvalue weighted by Crippen LogP contribution is 2.49. The Kier molecular flexibility index (Phi) is 3.31. The molecule has 5 rings (SSSR count). The molecule has 4 aliphatic rings. The second-order valence-electron chi connectivity index (χ2n) is 7.69. The largest absolute Gasteiger partial charge is 0.316 e. The van der Waals surface area contributed by atoms with Crippen LogP contribution < -0.4 is 10.6 Å². The van der Waals surface area contributed by atoms with Gasteiger partial charge in [0.2, 0.25) is 11.8 Å². The number of hydrogen-bond donors (Lipinski definition) is 2. The van der Waals surface area contributed by atoms with Crippen LogP contribution in [-0.2, 0) is 9.59 Å². The van der Waals surface area contributed by atoms with Gasteiger partial charge in [0.05, 0.1) is 11.1 Å². The molecule has 1 aliphatic carbocycles. The third-order valence-electron chi connectivity index (χ3n) is 6.28. The Balaban J connectivity index is 1.45. The summed E-state index contributed by atoms with van der Waals surface area (Å²) < 4.78 is 0. The van der Waals surface area contributed by atoms with Crippen molar-refractivity contribution < 1.29 is 19.2 Å². The van der Waals surface area contributed by atoms with E-state index in [2.05, 4.69) is 10.6 Å². The summed E-state index contributed by atoms with van der Waals surface area (Å²) in [5.41, 5.74) is 1.85. The summed E-state index contributed by atoms with van der Waals surface area (Å²) in [6.07, 6.45) is 1.53. The molecule has 4 amide bonds. The quantitative estimate of drug-likeness (QED) is 0.751. The van der Waals surface area contributed by atoms with Gasteiger partial charge in [-0.15, -0.1) is 0 Å². The topological polar surface area (TPSA) is 95.6 Å². The molecule has 0 spiro atoms. The predicted octanol–water partition coefficient (Wildman–Crippen LogP) is 0.411. The van der Waals surface area contributed by atoms with Gasteiger partial charge in [-0.25, -0.2) is 0 Å². The molecular formula is C19H19N3O4. The van der Waals surface area contributed by atoms with Gasteiger partial charge in [0, 0.05) is 6.42 Å². The molecule has 1 aromatic carbocycles. The van der Waals surface area contributed by atoms with Crippen LogP contribution in [-0.4, -0.2) is 47.7 Å². The fourth-order valence-electron chi connectivity index (χ4n) is 4.99. The number of fused-ring (bicyclic) bond motifs is 3. The second kappa shape index (κ2) is 5.48. The summed E-state index contributed by atoms with van der Waals surface area (Å²) in [6.45, 7) is 1.99. The normalized spacial score (nSPS) is 33.0. The van der Waals surface area contributed by atoms with Gasteiger partial charge in [-0.3, -0.25) is 29.4 Å². The number of imide groups is 2. The van der Waals surface area contributed by atoms with Crippen LogP contribution in [0.3, 0.4) is 0 Å². The summed E-state index contributed by atoms with van der Waals surface area (Å²) in [7, 11) is 0. The molecule has 2 saturated heterocycles. The standard InChI is InChI=1S/C19H19N3O4/c23-15-4-3-14(17(24)21-15)22-18(25)12-2-1-9(6-13(12)19(22)26)16-10-5-11(16)8-20-7-10/h1-2,6,10-11,14,16,20H,3-5,7-8H2,(H,21,23,24). The monoisotopic (exact) mass is 353 g/mol. The summed E-state index contributed by atoms with van der Waals surface area (Å²) >= 11 is 0. The first-order chi connectivity index (χ1) is 12.5. The van der Waals surface area contributed by atoms with Gasteiger partial charge < -0.3 is 5.32 Å².